The molecule has 2 amide bonds. The second-order valence-corrected chi connectivity index (χ2v) is 21.5. The Labute approximate surface area is 404 Å². The molecule has 2 aromatic heterocycles. The summed E-state index contributed by atoms with van der Waals surface area (Å²) in [6.45, 7) is 10.0. The minimum Gasteiger partial charge on any atom is -0.508 e. The van der Waals surface area contributed by atoms with Crippen LogP contribution in [-0.4, -0.2) is 125 Å². The summed E-state index contributed by atoms with van der Waals surface area (Å²) >= 11 is 0. The summed E-state index contributed by atoms with van der Waals surface area (Å²) in [6.07, 6.45) is 10.8. The van der Waals surface area contributed by atoms with Crippen LogP contribution in [-0.2, 0) is 16.0 Å². The van der Waals surface area contributed by atoms with Crippen LogP contribution in [0.1, 0.15) is 88.2 Å². The summed E-state index contributed by atoms with van der Waals surface area (Å²) in [5.41, 5.74) is 1.26. The average molecular weight is 962 g/mol. The molecule has 8 heterocycles. The van der Waals surface area contributed by atoms with Crippen LogP contribution in [0.3, 0.4) is 0 Å². The summed E-state index contributed by atoms with van der Waals surface area (Å²) in [5.74, 6) is -4.13. The number of piperazine rings is 1. The third-order valence-electron chi connectivity index (χ3n) is 17.1. The van der Waals surface area contributed by atoms with E-state index in [1.165, 1.54) is 24.3 Å². The normalized spacial score (nSPS) is 24.7. The van der Waals surface area contributed by atoms with Gasteiger partial charge in [-0.05, 0) is 142 Å². The van der Waals surface area contributed by atoms with Crippen molar-refractivity contribution >= 4 is 45.0 Å². The van der Waals surface area contributed by atoms with Gasteiger partial charge in [0.05, 0.1) is 17.9 Å². The molecule has 7 fully saturated rings. The van der Waals surface area contributed by atoms with Crippen molar-refractivity contribution in [1.29, 1.82) is 0 Å². The topological polar surface area (TPSA) is 139 Å². The molecular weight excluding hydrogens is 903 g/mol. The van der Waals surface area contributed by atoms with E-state index in [9.17, 15) is 14.7 Å². The number of nitrogens with zero attached hydrogens (tertiary/aromatic N) is 7. The van der Waals surface area contributed by atoms with Gasteiger partial charge < -0.3 is 29.9 Å². The lowest BCUT2D eigenvalue weighted by Gasteiger charge is -2.52. The zero-order valence-corrected chi connectivity index (χ0v) is 39.5. The molecule has 7 aliphatic rings. The number of halogens is 4. The van der Waals surface area contributed by atoms with Crippen molar-refractivity contribution in [2.75, 3.05) is 75.3 Å². The lowest BCUT2D eigenvalue weighted by Crippen LogP contribution is -2.62. The lowest BCUT2D eigenvalue weighted by molar-refractivity contribution is -0.134. The van der Waals surface area contributed by atoms with Gasteiger partial charge in [0.1, 0.15) is 40.2 Å². The number of pyridine rings is 1. The molecule has 70 heavy (non-hydrogen) atoms. The molecule has 3 N–H and O–H groups in total. The number of piperidine rings is 3. The number of hydrogen-bond donors (Lipinski definition) is 3. The van der Waals surface area contributed by atoms with E-state index in [1.54, 1.807) is 18.3 Å². The third-order valence-corrected chi connectivity index (χ3v) is 17.1. The number of carbonyl (C=O) groups excluding carboxylic acids is 2. The van der Waals surface area contributed by atoms with E-state index in [0.29, 0.717) is 88.4 Å². The number of imide groups is 1. The molecule has 5 aromatic rings. The number of aryl methyl sites for hydroxylation is 1. The predicted molar refractivity (Wildman–Crippen MR) is 257 cm³/mol. The molecule has 3 aromatic carbocycles. The van der Waals surface area contributed by atoms with Crippen LogP contribution in [0.15, 0.2) is 42.6 Å². The molecule has 12 rings (SSSR count). The first kappa shape index (κ1) is 45.5. The van der Waals surface area contributed by atoms with Crippen LogP contribution in [0.25, 0.3) is 32.9 Å². The highest BCUT2D eigenvalue weighted by molar-refractivity contribution is 6.02. The van der Waals surface area contributed by atoms with E-state index in [-0.39, 0.29) is 46.8 Å². The Hall–Kier alpha value is -5.65. The molecule has 0 radical (unpaired) electrons. The fourth-order valence-corrected chi connectivity index (χ4v) is 12.7. The fourth-order valence-electron chi connectivity index (χ4n) is 12.7. The Bertz CT molecular complexity index is 2880. The minimum absolute atomic E-state index is 0.0186. The monoisotopic (exact) mass is 961 g/mol. The summed E-state index contributed by atoms with van der Waals surface area (Å²) < 4.78 is 69.4. The number of rotatable bonds is 11. The highest BCUT2D eigenvalue weighted by Gasteiger charge is 2.48. The first-order chi connectivity index (χ1) is 33.8. The summed E-state index contributed by atoms with van der Waals surface area (Å²) in [4.78, 5) is 47.6. The molecule has 1 spiro atoms. The molecule has 2 bridgehead atoms. The van der Waals surface area contributed by atoms with Crippen LogP contribution in [0.2, 0.25) is 0 Å². The summed E-state index contributed by atoms with van der Waals surface area (Å²) in [7, 11) is 0. The van der Waals surface area contributed by atoms with Crippen molar-refractivity contribution < 1.29 is 37.0 Å². The van der Waals surface area contributed by atoms with Gasteiger partial charge in [-0.25, -0.2) is 17.6 Å². The Morgan fingerprint density at radius 3 is 2.23 bits per heavy atom. The third kappa shape index (κ3) is 8.28. The standard InChI is InChI=1S/C53H59F4N9O4/c1-2-36-40(54)7-3-30-19-35(67)22-38(44(30)36)47-46(57)48-39(23-58-47)49(66-24-31-4-5-32(25-66)59-31)62-51(61-48)70-29-53(9-10-53)28-63-15-11-52(12-16-63)13-17-64(18-14-52)34-26-65(27-34)33-20-41(55)45(42(56)21-33)37-6-8-43(68)60-50(37)69/h3,7,19-23,31-32,34,37,59,67H,2,4-6,8-18,24-29H2,1H3,(H,60,68,69). The first-order valence-electron chi connectivity index (χ1n) is 25.3. The average Bonchev–Trinajstić information content (AvgIpc) is 4.02. The van der Waals surface area contributed by atoms with Crippen molar-refractivity contribution in [1.82, 2.24) is 35.4 Å². The fraction of sp³-hybridized carbons (Fsp3) is 0.528. The lowest BCUT2D eigenvalue weighted by atomic mass is 9.70. The number of amides is 2. The van der Waals surface area contributed by atoms with Gasteiger partial charge in [0.25, 0.3) is 0 Å². The highest BCUT2D eigenvalue weighted by Crippen LogP contribution is 2.49. The second-order valence-electron chi connectivity index (χ2n) is 21.5. The van der Waals surface area contributed by atoms with Crippen molar-refractivity contribution in [3.63, 3.8) is 0 Å². The molecule has 6 aliphatic heterocycles. The Morgan fingerprint density at radius 2 is 1.54 bits per heavy atom. The summed E-state index contributed by atoms with van der Waals surface area (Å²) in [5, 5.41) is 18.2. The van der Waals surface area contributed by atoms with Crippen molar-refractivity contribution in [3.8, 4) is 23.0 Å². The molecule has 3 unspecified atom stereocenters. The quantitative estimate of drug-likeness (QED) is 0.0902. The first-order valence-corrected chi connectivity index (χ1v) is 25.3. The number of aromatic nitrogens is 3. The Balaban J connectivity index is 0.692. The molecule has 368 valence electrons. The maximum atomic E-state index is 17.2. The SMILES string of the molecule is CCc1c(F)ccc2cc(O)cc(-c3ncc4c(N5CC6CCC(C5)N6)nc(OCC5(CN6CCC7(CC6)CCN(C6CN(c8cc(F)c(C9CCC(=O)NC9=O)c(F)c8)C6)CC7)CC5)nc4c3F)c12. The Kier molecular flexibility index (Phi) is 11.4. The van der Waals surface area contributed by atoms with Gasteiger partial charge in [-0.3, -0.25) is 24.8 Å². The Morgan fingerprint density at radius 1 is 0.829 bits per heavy atom. The largest absolute Gasteiger partial charge is 0.508 e. The van der Waals surface area contributed by atoms with E-state index < -0.39 is 41.0 Å². The zero-order valence-electron chi connectivity index (χ0n) is 39.5. The van der Waals surface area contributed by atoms with Gasteiger partial charge in [-0.15, -0.1) is 0 Å². The minimum atomic E-state index is -1.01. The van der Waals surface area contributed by atoms with Crippen LogP contribution < -0.4 is 25.2 Å². The highest BCUT2D eigenvalue weighted by atomic mass is 19.1. The number of benzene rings is 3. The number of fused-ring (bicyclic) bond motifs is 4. The van der Waals surface area contributed by atoms with Crippen molar-refractivity contribution in [2.45, 2.75) is 102 Å². The van der Waals surface area contributed by atoms with Gasteiger partial charge in [0.2, 0.25) is 11.8 Å². The van der Waals surface area contributed by atoms with Crippen LogP contribution >= 0.6 is 0 Å². The summed E-state index contributed by atoms with van der Waals surface area (Å²) in [6, 6.07) is 9.66. The van der Waals surface area contributed by atoms with Crippen LogP contribution in [0.5, 0.6) is 11.8 Å². The van der Waals surface area contributed by atoms with Gasteiger partial charge in [0.15, 0.2) is 5.82 Å². The number of phenolic OH excluding ortho intramolecular Hbond substituents is 1. The number of phenols is 1. The van der Waals surface area contributed by atoms with E-state index in [4.69, 9.17) is 14.7 Å². The smallest absolute Gasteiger partial charge is 0.319 e. The molecule has 1 saturated carbocycles. The van der Waals surface area contributed by atoms with Gasteiger partial charge in [0, 0.05) is 85.7 Å². The molecule has 6 saturated heterocycles. The van der Waals surface area contributed by atoms with E-state index in [0.717, 1.165) is 97.2 Å². The number of aromatic hydroxyl groups is 1. The van der Waals surface area contributed by atoms with Gasteiger partial charge in [-0.2, -0.15) is 9.97 Å². The van der Waals surface area contributed by atoms with Crippen molar-refractivity contribution in [3.05, 3.63) is 77.0 Å². The van der Waals surface area contributed by atoms with Crippen molar-refractivity contribution in [2.24, 2.45) is 10.8 Å². The number of ether oxygens (including phenoxy) is 1. The number of anilines is 2. The number of nitrogens with one attached hydrogen (secondary N) is 2. The van der Waals surface area contributed by atoms with Crippen LogP contribution in [0.4, 0.5) is 29.1 Å². The van der Waals surface area contributed by atoms with E-state index >= 15 is 17.6 Å². The number of hydrogen-bond acceptors (Lipinski definition) is 12. The number of carbonyl (C=O) groups is 2. The molecular formula is C53H59F4N9O4. The molecule has 17 heteroatoms. The predicted octanol–water partition coefficient (Wildman–Crippen LogP) is 7.36. The van der Waals surface area contributed by atoms with Gasteiger partial charge >= 0.3 is 6.01 Å². The van der Waals surface area contributed by atoms with E-state index in [1.807, 2.05) is 11.8 Å². The second kappa shape index (κ2) is 17.6. The number of likely N-dealkylation sites (tertiary alicyclic amines) is 2. The molecule has 1 aliphatic carbocycles. The van der Waals surface area contributed by atoms with Crippen LogP contribution in [0, 0.1) is 34.1 Å². The maximum Gasteiger partial charge on any atom is 0.319 e. The maximum absolute atomic E-state index is 17.2. The van der Waals surface area contributed by atoms with E-state index in [2.05, 4.69) is 30.3 Å². The molecule has 13 nitrogen and oxygen atoms in total. The molecule has 3 atom stereocenters. The van der Waals surface area contributed by atoms with Gasteiger partial charge in [-0.1, -0.05) is 13.0 Å². The zero-order chi connectivity index (χ0) is 48.1.